The van der Waals surface area contributed by atoms with E-state index in [1.54, 1.807) is 24.3 Å². The lowest BCUT2D eigenvalue weighted by Crippen LogP contribution is -2.68. The van der Waals surface area contributed by atoms with Crippen LogP contribution in [0.1, 0.15) is 45.5 Å². The maximum absolute atomic E-state index is 13.3. The lowest BCUT2D eigenvalue weighted by atomic mass is 9.50. The minimum absolute atomic E-state index is 0.142. The van der Waals surface area contributed by atoms with Crippen LogP contribution in [0.25, 0.3) is 33.4 Å². The zero-order valence-corrected chi connectivity index (χ0v) is 23.4. The molecular weight excluding hydrogens is 547 g/mol. The highest BCUT2D eigenvalue weighted by Crippen LogP contribution is 2.57. The Morgan fingerprint density at radius 3 is 2.29 bits per heavy atom. The van der Waals surface area contributed by atoms with Gasteiger partial charge in [0.2, 0.25) is 0 Å². The number of aryl methyl sites for hydroxylation is 1. The summed E-state index contributed by atoms with van der Waals surface area (Å²) in [6.07, 6.45) is -1.62. The summed E-state index contributed by atoms with van der Waals surface area (Å²) in [5.74, 6) is 0.622. The predicted octanol–water partition coefficient (Wildman–Crippen LogP) is 6.70. The smallest absolute Gasteiger partial charge is 0.405 e. The molecule has 0 aliphatic heterocycles. The molecule has 7 nitrogen and oxygen atoms in total. The second-order valence-electron chi connectivity index (χ2n) is 11.2. The number of alkyl halides is 3. The summed E-state index contributed by atoms with van der Waals surface area (Å²) in [5, 5.41) is 8.68. The van der Waals surface area contributed by atoms with Crippen LogP contribution in [-0.2, 0) is 0 Å². The number of benzene rings is 3. The highest BCUT2D eigenvalue weighted by atomic mass is 19.4. The molecule has 3 saturated carbocycles. The van der Waals surface area contributed by atoms with Gasteiger partial charge in [0.05, 0.1) is 18.2 Å². The van der Waals surface area contributed by atoms with Gasteiger partial charge in [-0.1, -0.05) is 35.9 Å². The fourth-order valence-electron chi connectivity index (χ4n) is 5.97. The van der Waals surface area contributed by atoms with Crippen LogP contribution in [-0.4, -0.2) is 44.2 Å². The molecule has 218 valence electrons. The number of hydrogen-bond donors (Lipinski definition) is 3. The Morgan fingerprint density at radius 2 is 1.69 bits per heavy atom. The molecule has 2 bridgehead atoms. The highest BCUT2D eigenvalue weighted by molar-refractivity contribution is 6.13. The summed E-state index contributed by atoms with van der Waals surface area (Å²) >= 11 is 0. The van der Waals surface area contributed by atoms with Gasteiger partial charge in [-0.2, -0.15) is 13.2 Å². The number of carbonyl (C=O) groups is 2. The van der Waals surface area contributed by atoms with E-state index in [1.165, 1.54) is 20.2 Å². The van der Waals surface area contributed by atoms with E-state index >= 15 is 0 Å². The number of anilines is 1. The molecule has 7 rings (SSSR count). The van der Waals surface area contributed by atoms with Crippen LogP contribution in [0, 0.1) is 12.8 Å². The van der Waals surface area contributed by atoms with Crippen LogP contribution >= 0.6 is 0 Å². The number of nitrogens with one attached hydrogen (secondary N) is 3. The Labute approximate surface area is 240 Å². The van der Waals surface area contributed by atoms with Crippen molar-refractivity contribution in [3.8, 4) is 28.2 Å². The number of rotatable bonds is 8. The van der Waals surface area contributed by atoms with Crippen molar-refractivity contribution in [3.05, 3.63) is 71.3 Å². The third kappa shape index (κ3) is 4.95. The zero-order valence-electron chi connectivity index (χ0n) is 23.4. The van der Waals surface area contributed by atoms with Crippen molar-refractivity contribution in [3.63, 3.8) is 0 Å². The Bertz CT molecular complexity index is 1690. The molecular formula is C32H30F3N3O4. The van der Waals surface area contributed by atoms with E-state index in [1.807, 2.05) is 31.2 Å². The Hall–Kier alpha value is -4.47. The topological polar surface area (TPSA) is 92.6 Å². The molecule has 3 aromatic carbocycles. The van der Waals surface area contributed by atoms with Gasteiger partial charge < -0.3 is 25.1 Å². The fourth-order valence-corrected chi connectivity index (χ4v) is 5.97. The van der Waals surface area contributed by atoms with Gasteiger partial charge in [0.25, 0.3) is 11.8 Å². The monoisotopic (exact) mass is 577 g/mol. The van der Waals surface area contributed by atoms with E-state index in [4.69, 9.17) is 9.15 Å². The minimum atomic E-state index is -4.48. The second kappa shape index (κ2) is 10.1. The van der Waals surface area contributed by atoms with E-state index in [0.717, 1.165) is 24.8 Å². The largest absolute Gasteiger partial charge is 0.496 e. The number of fused-ring (bicyclic) bond motifs is 1. The average Bonchev–Trinajstić information content (AvgIpc) is 3.30. The fraction of sp³-hybridized carbons (Fsp3) is 0.312. The SMILES string of the molecule is CNC(=O)c1c(-c2ccc(C)cc2)oc2cc(NCC(F)(F)F)c(-c3ccc(OC)c(C(=O)NC45CC(C4)C5)c3)cc12. The number of halogens is 3. The highest BCUT2D eigenvalue weighted by Gasteiger charge is 2.57. The van der Waals surface area contributed by atoms with Crippen molar-refractivity contribution in [2.45, 2.75) is 37.9 Å². The van der Waals surface area contributed by atoms with Gasteiger partial charge in [-0.15, -0.1) is 0 Å². The van der Waals surface area contributed by atoms with Crippen LogP contribution in [0.15, 0.2) is 59.0 Å². The first-order valence-electron chi connectivity index (χ1n) is 13.7. The standard InChI is InChI=1S/C32H30F3N3O4/c1-17-4-6-19(7-5-17)28-27(30(40)36-2)22-11-21(24(12-26(22)42-28)37-16-32(33,34)35)20-8-9-25(41-3)23(10-20)29(39)38-31-13-18(14-31)15-31/h4-12,18,37H,13-16H2,1-3H3,(H,36,40)(H,38,39). The molecule has 3 N–H and O–H groups in total. The van der Waals surface area contributed by atoms with Crippen LogP contribution in [0.2, 0.25) is 0 Å². The summed E-state index contributed by atoms with van der Waals surface area (Å²) in [6, 6.07) is 15.4. The van der Waals surface area contributed by atoms with E-state index in [9.17, 15) is 22.8 Å². The number of amides is 2. The molecule has 10 heteroatoms. The number of methoxy groups -OCH3 is 1. The third-order valence-electron chi connectivity index (χ3n) is 8.25. The quantitative estimate of drug-likeness (QED) is 0.217. The van der Waals surface area contributed by atoms with Crippen LogP contribution in [0.5, 0.6) is 5.75 Å². The molecule has 0 saturated heterocycles. The molecule has 2 amide bonds. The predicted molar refractivity (Wildman–Crippen MR) is 154 cm³/mol. The lowest BCUT2D eigenvalue weighted by Gasteiger charge is -2.61. The van der Waals surface area contributed by atoms with Crippen molar-refractivity contribution in [1.29, 1.82) is 0 Å². The number of furan rings is 1. The van der Waals surface area contributed by atoms with Crippen molar-refractivity contribution in [2.75, 3.05) is 26.0 Å². The van der Waals surface area contributed by atoms with E-state index in [-0.39, 0.29) is 33.8 Å². The molecule has 42 heavy (non-hydrogen) atoms. The third-order valence-corrected chi connectivity index (χ3v) is 8.25. The Kier molecular flexibility index (Phi) is 6.67. The van der Waals surface area contributed by atoms with Gasteiger partial charge in [0.1, 0.15) is 23.6 Å². The average molecular weight is 578 g/mol. The van der Waals surface area contributed by atoms with E-state index in [2.05, 4.69) is 16.0 Å². The molecule has 1 heterocycles. The molecule has 3 aliphatic carbocycles. The molecule has 3 fully saturated rings. The van der Waals surface area contributed by atoms with E-state index in [0.29, 0.717) is 39.5 Å². The lowest BCUT2D eigenvalue weighted by molar-refractivity contribution is -0.115. The maximum Gasteiger partial charge on any atom is 0.405 e. The van der Waals surface area contributed by atoms with Gasteiger partial charge in [-0.05, 0) is 55.9 Å². The Balaban J connectivity index is 1.51. The van der Waals surface area contributed by atoms with Gasteiger partial charge in [0.15, 0.2) is 0 Å². The first kappa shape index (κ1) is 27.7. The summed E-state index contributed by atoms with van der Waals surface area (Å²) in [6.45, 7) is 0.650. The van der Waals surface area contributed by atoms with Gasteiger partial charge >= 0.3 is 6.18 Å². The minimum Gasteiger partial charge on any atom is -0.496 e. The zero-order chi connectivity index (χ0) is 29.8. The number of hydrogen-bond acceptors (Lipinski definition) is 5. The number of ether oxygens (including phenoxy) is 1. The van der Waals surface area contributed by atoms with Gasteiger partial charge in [-0.3, -0.25) is 9.59 Å². The summed E-state index contributed by atoms with van der Waals surface area (Å²) in [5.41, 5.74) is 3.27. The normalized spacial score (nSPS) is 19.0. The van der Waals surface area contributed by atoms with Crippen molar-refractivity contribution in [2.24, 2.45) is 5.92 Å². The summed E-state index contributed by atoms with van der Waals surface area (Å²) in [7, 11) is 2.96. The van der Waals surface area contributed by atoms with E-state index < -0.39 is 18.6 Å². The van der Waals surface area contributed by atoms with Crippen LogP contribution in [0.3, 0.4) is 0 Å². The van der Waals surface area contributed by atoms with Gasteiger partial charge in [-0.25, -0.2) is 0 Å². The molecule has 0 atom stereocenters. The van der Waals surface area contributed by atoms with Gasteiger partial charge in [0, 0.05) is 40.9 Å². The first-order valence-corrected chi connectivity index (χ1v) is 13.7. The molecule has 1 aromatic heterocycles. The molecule has 0 radical (unpaired) electrons. The molecule has 0 spiro atoms. The van der Waals surface area contributed by atoms with Crippen molar-refractivity contribution < 1.29 is 31.9 Å². The molecule has 4 aromatic rings. The Morgan fingerprint density at radius 1 is 1.00 bits per heavy atom. The number of carbonyl (C=O) groups excluding carboxylic acids is 2. The maximum atomic E-state index is 13.3. The summed E-state index contributed by atoms with van der Waals surface area (Å²) < 4.78 is 51.6. The van der Waals surface area contributed by atoms with Crippen molar-refractivity contribution >= 4 is 28.5 Å². The van der Waals surface area contributed by atoms with Crippen molar-refractivity contribution in [1.82, 2.24) is 10.6 Å². The molecule has 3 aliphatic rings. The van der Waals surface area contributed by atoms with Crippen LogP contribution < -0.4 is 20.7 Å². The summed E-state index contributed by atoms with van der Waals surface area (Å²) in [4.78, 5) is 26.5. The second-order valence-corrected chi connectivity index (χ2v) is 11.2. The first-order chi connectivity index (χ1) is 20.0. The van der Waals surface area contributed by atoms with Crippen LogP contribution in [0.4, 0.5) is 18.9 Å². The molecule has 0 unspecified atom stereocenters.